The van der Waals surface area contributed by atoms with E-state index in [9.17, 15) is 9.59 Å². The van der Waals surface area contributed by atoms with Crippen molar-refractivity contribution >= 4 is 12.0 Å². The number of nitrogens with one attached hydrogen (secondary N) is 1. The van der Waals surface area contributed by atoms with Gasteiger partial charge in [-0.05, 0) is 49.1 Å². The number of hydrogen-bond acceptors (Lipinski definition) is 3. The van der Waals surface area contributed by atoms with Crippen LogP contribution in [0.25, 0.3) is 0 Å². The largest absolute Gasteiger partial charge is 0.447 e. The molecule has 1 spiro atoms. The van der Waals surface area contributed by atoms with Gasteiger partial charge in [0, 0.05) is 19.0 Å². The van der Waals surface area contributed by atoms with Crippen LogP contribution < -0.4 is 5.32 Å². The van der Waals surface area contributed by atoms with Crippen molar-refractivity contribution in [3.8, 4) is 0 Å². The van der Waals surface area contributed by atoms with Gasteiger partial charge in [-0.15, -0.1) is 0 Å². The van der Waals surface area contributed by atoms with Crippen molar-refractivity contribution in [3.05, 3.63) is 35.4 Å². The second-order valence-electron chi connectivity index (χ2n) is 7.96. The molecule has 2 aliphatic carbocycles. The van der Waals surface area contributed by atoms with Gasteiger partial charge in [-0.2, -0.15) is 0 Å². The minimum absolute atomic E-state index is 0.0227. The number of nitrogens with zero attached hydrogens (tertiary/aromatic N) is 1. The van der Waals surface area contributed by atoms with Crippen molar-refractivity contribution < 1.29 is 14.3 Å². The van der Waals surface area contributed by atoms with Gasteiger partial charge in [0.2, 0.25) is 5.91 Å². The van der Waals surface area contributed by atoms with Gasteiger partial charge >= 0.3 is 6.09 Å². The number of cyclic esters (lactones) is 1. The van der Waals surface area contributed by atoms with Crippen molar-refractivity contribution in [2.75, 3.05) is 13.7 Å². The molecule has 5 nitrogen and oxygen atoms in total. The van der Waals surface area contributed by atoms with Gasteiger partial charge in [0.05, 0.1) is 5.54 Å². The van der Waals surface area contributed by atoms with E-state index in [4.69, 9.17) is 4.74 Å². The highest BCUT2D eigenvalue weighted by Crippen LogP contribution is 2.44. The van der Waals surface area contributed by atoms with Gasteiger partial charge in [-0.1, -0.05) is 31.2 Å². The molecule has 1 N–H and O–H groups in total. The maximum absolute atomic E-state index is 12.7. The highest BCUT2D eigenvalue weighted by atomic mass is 16.6. The summed E-state index contributed by atoms with van der Waals surface area (Å²) in [6, 6.07) is 9.17. The van der Waals surface area contributed by atoms with Gasteiger partial charge in [0.1, 0.15) is 6.61 Å². The molecule has 25 heavy (non-hydrogen) atoms. The van der Waals surface area contributed by atoms with Crippen LogP contribution in [0.5, 0.6) is 0 Å². The van der Waals surface area contributed by atoms with E-state index in [0.717, 1.165) is 19.3 Å². The SMILES string of the molecule is CCc1cccc([C@H]2C[C@@H](N(C)C(=O)[C@H]3C[C@]4(COC(=O)N4)C3)C2)c1. The van der Waals surface area contributed by atoms with Gasteiger partial charge in [-0.3, -0.25) is 4.79 Å². The number of hydrogen-bond donors (Lipinski definition) is 1. The Labute approximate surface area is 148 Å². The fourth-order valence-corrected chi connectivity index (χ4v) is 4.48. The summed E-state index contributed by atoms with van der Waals surface area (Å²) in [5.74, 6) is 0.814. The molecular weight excluding hydrogens is 316 g/mol. The summed E-state index contributed by atoms with van der Waals surface area (Å²) >= 11 is 0. The molecule has 3 aliphatic rings. The molecule has 1 aromatic rings. The Morgan fingerprint density at radius 2 is 2.12 bits per heavy atom. The van der Waals surface area contributed by atoms with E-state index < -0.39 is 0 Å². The summed E-state index contributed by atoms with van der Waals surface area (Å²) in [5, 5.41) is 2.86. The number of carbonyl (C=O) groups excluding carboxylic acids is 2. The first kappa shape index (κ1) is 16.4. The van der Waals surface area contributed by atoms with Crippen LogP contribution in [-0.2, 0) is 16.0 Å². The third-order valence-corrected chi connectivity index (χ3v) is 6.31. The van der Waals surface area contributed by atoms with Crippen LogP contribution in [-0.4, -0.2) is 42.1 Å². The molecule has 4 rings (SSSR count). The summed E-state index contributed by atoms with van der Waals surface area (Å²) in [4.78, 5) is 25.9. The Kier molecular flexibility index (Phi) is 3.97. The predicted octanol–water partition coefficient (Wildman–Crippen LogP) is 2.84. The number of benzene rings is 1. The molecule has 0 atom stereocenters. The van der Waals surface area contributed by atoms with E-state index >= 15 is 0 Å². The van der Waals surface area contributed by atoms with Gasteiger partial charge in [0.25, 0.3) is 0 Å². The maximum atomic E-state index is 12.7. The zero-order valence-corrected chi connectivity index (χ0v) is 15.0. The van der Waals surface area contributed by atoms with E-state index in [-0.39, 0.29) is 23.5 Å². The van der Waals surface area contributed by atoms with Crippen LogP contribution >= 0.6 is 0 Å². The first-order valence-corrected chi connectivity index (χ1v) is 9.30. The third kappa shape index (κ3) is 2.90. The molecule has 1 saturated heterocycles. The molecule has 2 saturated carbocycles. The van der Waals surface area contributed by atoms with Crippen molar-refractivity contribution in [1.82, 2.24) is 10.2 Å². The lowest BCUT2D eigenvalue weighted by atomic mass is 9.67. The zero-order valence-electron chi connectivity index (χ0n) is 15.0. The molecule has 0 aromatic heterocycles. The summed E-state index contributed by atoms with van der Waals surface area (Å²) in [6.45, 7) is 2.58. The Hall–Kier alpha value is -2.04. The van der Waals surface area contributed by atoms with Crippen molar-refractivity contribution in [1.29, 1.82) is 0 Å². The Morgan fingerprint density at radius 1 is 1.36 bits per heavy atom. The third-order valence-electron chi connectivity index (χ3n) is 6.31. The number of carbonyl (C=O) groups is 2. The standard InChI is InChI=1S/C20H26N2O3/c1-3-13-5-4-6-14(7-13)15-8-17(9-15)22(2)18(23)16-10-20(11-16)12-25-19(24)21-20/h4-7,15-17H,3,8-12H2,1-2H3,(H,21,24)/t15-,16-,17+,20+. The van der Waals surface area contributed by atoms with E-state index in [0.29, 0.717) is 31.4 Å². The zero-order chi connectivity index (χ0) is 17.6. The smallest absolute Gasteiger partial charge is 0.407 e. The Balaban J connectivity index is 1.29. The molecule has 134 valence electrons. The molecular formula is C20H26N2O3. The summed E-state index contributed by atoms with van der Waals surface area (Å²) in [6.07, 6.45) is 4.22. The van der Waals surface area contributed by atoms with Crippen molar-refractivity contribution in [2.24, 2.45) is 5.92 Å². The van der Waals surface area contributed by atoms with E-state index in [1.165, 1.54) is 11.1 Å². The average molecular weight is 342 g/mol. The lowest BCUT2D eigenvalue weighted by Crippen LogP contribution is -2.59. The number of ether oxygens (including phenoxy) is 1. The molecule has 2 amide bonds. The van der Waals surface area contributed by atoms with Crippen molar-refractivity contribution in [2.45, 2.75) is 56.5 Å². The normalized spacial score (nSPS) is 33.2. The second kappa shape index (κ2) is 6.04. The molecule has 0 radical (unpaired) electrons. The van der Waals surface area contributed by atoms with Gasteiger partial charge < -0.3 is 15.0 Å². The van der Waals surface area contributed by atoms with Gasteiger partial charge in [-0.25, -0.2) is 4.79 Å². The number of aryl methyl sites for hydroxylation is 1. The van der Waals surface area contributed by atoms with Crippen molar-refractivity contribution in [3.63, 3.8) is 0 Å². The van der Waals surface area contributed by atoms with Gasteiger partial charge in [0.15, 0.2) is 0 Å². The van der Waals surface area contributed by atoms with E-state index in [2.05, 4.69) is 36.5 Å². The highest BCUT2D eigenvalue weighted by molar-refractivity contribution is 5.81. The van der Waals surface area contributed by atoms with Crippen LogP contribution in [0.3, 0.4) is 0 Å². The second-order valence-corrected chi connectivity index (χ2v) is 7.96. The minimum Gasteiger partial charge on any atom is -0.447 e. The lowest BCUT2D eigenvalue weighted by molar-refractivity contribution is -0.143. The topological polar surface area (TPSA) is 58.6 Å². The number of amides is 2. The maximum Gasteiger partial charge on any atom is 0.407 e. The number of rotatable bonds is 4. The van der Waals surface area contributed by atoms with Crippen LogP contribution in [0.1, 0.15) is 49.7 Å². The first-order chi connectivity index (χ1) is 12.0. The monoisotopic (exact) mass is 342 g/mol. The molecule has 0 unspecified atom stereocenters. The molecule has 1 aliphatic heterocycles. The molecule has 5 heteroatoms. The summed E-state index contributed by atoms with van der Waals surface area (Å²) < 4.78 is 4.99. The average Bonchev–Trinajstić information content (AvgIpc) is 2.94. The van der Waals surface area contributed by atoms with Crippen LogP contribution in [0.2, 0.25) is 0 Å². The number of alkyl carbamates (subject to hydrolysis) is 1. The molecule has 0 bridgehead atoms. The fraction of sp³-hybridized carbons (Fsp3) is 0.600. The Morgan fingerprint density at radius 3 is 2.76 bits per heavy atom. The Bertz CT molecular complexity index is 690. The predicted molar refractivity (Wildman–Crippen MR) is 94.3 cm³/mol. The molecule has 1 aromatic carbocycles. The summed E-state index contributed by atoms with van der Waals surface area (Å²) in [7, 11) is 1.93. The van der Waals surface area contributed by atoms with E-state index in [1.54, 1.807) is 0 Å². The first-order valence-electron chi connectivity index (χ1n) is 9.30. The molecule has 3 fully saturated rings. The van der Waals surface area contributed by atoms with E-state index in [1.807, 2.05) is 11.9 Å². The fourth-order valence-electron chi connectivity index (χ4n) is 4.48. The van der Waals surface area contributed by atoms with Crippen LogP contribution in [0.15, 0.2) is 24.3 Å². The quantitative estimate of drug-likeness (QED) is 0.915. The summed E-state index contributed by atoms with van der Waals surface area (Å²) in [5.41, 5.74) is 2.51. The highest BCUT2D eigenvalue weighted by Gasteiger charge is 2.53. The minimum atomic E-state index is -0.351. The van der Waals surface area contributed by atoms with Crippen LogP contribution in [0.4, 0.5) is 4.79 Å². The molecule has 1 heterocycles. The van der Waals surface area contributed by atoms with Crippen LogP contribution in [0, 0.1) is 5.92 Å². The lowest BCUT2D eigenvalue weighted by Gasteiger charge is -2.47.